The van der Waals surface area contributed by atoms with E-state index in [1.165, 1.54) is 5.56 Å². The molecule has 1 radical (unpaired) electrons. The summed E-state index contributed by atoms with van der Waals surface area (Å²) in [6.45, 7) is 7.78. The van der Waals surface area contributed by atoms with E-state index in [-0.39, 0.29) is 0 Å². The van der Waals surface area contributed by atoms with Gasteiger partial charge < -0.3 is 8.85 Å². The maximum absolute atomic E-state index is 5.65. The zero-order chi connectivity index (χ0) is 11.8. The topological polar surface area (TPSA) is 18.5 Å². The van der Waals surface area contributed by atoms with Gasteiger partial charge in [-0.25, -0.2) is 0 Å². The molecule has 0 amide bonds. The van der Waals surface area contributed by atoms with E-state index in [0.717, 1.165) is 19.3 Å². The predicted molar refractivity (Wildman–Crippen MR) is 68.7 cm³/mol. The zero-order valence-corrected chi connectivity index (χ0v) is 11.4. The molecule has 2 nitrogen and oxygen atoms in total. The van der Waals surface area contributed by atoms with Gasteiger partial charge in [-0.15, -0.1) is 0 Å². The van der Waals surface area contributed by atoms with Crippen LogP contribution in [0.1, 0.15) is 32.3 Å². The Balaban J connectivity index is 2.50. The Bertz CT molecular complexity index is 271. The van der Waals surface area contributed by atoms with Gasteiger partial charge in [-0.1, -0.05) is 37.3 Å². The molecule has 0 N–H and O–H groups in total. The summed E-state index contributed by atoms with van der Waals surface area (Å²) in [6.07, 6.45) is 0. The lowest BCUT2D eigenvalue weighted by Crippen LogP contribution is -2.24. The average molecular weight is 237 g/mol. The quantitative estimate of drug-likeness (QED) is 0.677. The molecule has 3 heteroatoms. The van der Waals surface area contributed by atoms with Crippen LogP contribution in [-0.4, -0.2) is 22.5 Å². The molecule has 89 valence electrons. The van der Waals surface area contributed by atoms with E-state index in [4.69, 9.17) is 8.85 Å². The highest BCUT2D eigenvalue weighted by Crippen LogP contribution is 2.21. The Morgan fingerprint density at radius 2 is 1.62 bits per heavy atom. The molecule has 0 spiro atoms. The molecule has 0 heterocycles. The minimum Gasteiger partial charge on any atom is -0.394 e. The van der Waals surface area contributed by atoms with Crippen molar-refractivity contribution < 1.29 is 8.85 Å². The second-order valence-electron chi connectivity index (χ2n) is 3.75. The van der Waals surface area contributed by atoms with Gasteiger partial charge in [-0.2, -0.15) is 0 Å². The summed E-state index contributed by atoms with van der Waals surface area (Å²) in [5.41, 5.74) is 1.37. The molecule has 0 fully saturated rings. The summed E-state index contributed by atoms with van der Waals surface area (Å²) in [4.78, 5) is 0. The summed E-state index contributed by atoms with van der Waals surface area (Å²) in [5, 5.41) is 0. The van der Waals surface area contributed by atoms with Crippen LogP contribution in [0.3, 0.4) is 0 Å². The lowest BCUT2D eigenvalue weighted by Gasteiger charge is -2.17. The summed E-state index contributed by atoms with van der Waals surface area (Å²) < 4.78 is 11.3. The Labute approximate surface area is 100 Å². The minimum absolute atomic E-state index is 0.508. The third-order valence-corrected chi connectivity index (χ3v) is 4.62. The molecule has 0 aliphatic rings. The van der Waals surface area contributed by atoms with E-state index in [9.17, 15) is 0 Å². The molecule has 0 saturated heterocycles. The first-order valence-corrected chi connectivity index (χ1v) is 7.46. The van der Waals surface area contributed by atoms with Gasteiger partial charge in [0.05, 0.1) is 0 Å². The number of hydrogen-bond acceptors (Lipinski definition) is 2. The van der Waals surface area contributed by atoms with Crippen molar-refractivity contribution in [2.24, 2.45) is 0 Å². The smallest absolute Gasteiger partial charge is 0.385 e. The van der Waals surface area contributed by atoms with Gasteiger partial charge in [0.25, 0.3) is 0 Å². The lowest BCUT2D eigenvalue weighted by molar-refractivity contribution is 0.212. The molecule has 0 aliphatic heterocycles. The minimum atomic E-state index is -1.09. The van der Waals surface area contributed by atoms with Crippen LogP contribution in [0.5, 0.6) is 0 Å². The van der Waals surface area contributed by atoms with Crippen LogP contribution in [0.25, 0.3) is 0 Å². The van der Waals surface area contributed by atoms with Crippen molar-refractivity contribution in [2.45, 2.75) is 32.7 Å². The summed E-state index contributed by atoms with van der Waals surface area (Å²) in [5.74, 6) is 0.508. The molecule has 1 rings (SSSR count). The molecular weight excluding hydrogens is 216 g/mol. The molecule has 1 unspecified atom stereocenters. The van der Waals surface area contributed by atoms with E-state index >= 15 is 0 Å². The third-order valence-electron chi connectivity index (χ3n) is 2.45. The first kappa shape index (κ1) is 13.4. The monoisotopic (exact) mass is 237 g/mol. The van der Waals surface area contributed by atoms with E-state index < -0.39 is 9.28 Å². The van der Waals surface area contributed by atoms with Crippen LogP contribution < -0.4 is 0 Å². The fourth-order valence-corrected chi connectivity index (χ4v) is 3.33. The molecular formula is C13H21O2Si. The van der Waals surface area contributed by atoms with Gasteiger partial charge in [0.2, 0.25) is 0 Å². The molecule has 1 aromatic carbocycles. The van der Waals surface area contributed by atoms with Crippen molar-refractivity contribution in [3.63, 3.8) is 0 Å². The van der Waals surface area contributed by atoms with Crippen LogP contribution >= 0.6 is 0 Å². The molecule has 1 atom stereocenters. The second-order valence-corrected chi connectivity index (χ2v) is 5.48. The van der Waals surface area contributed by atoms with Gasteiger partial charge in [-0.3, -0.25) is 0 Å². The molecule has 16 heavy (non-hydrogen) atoms. The van der Waals surface area contributed by atoms with Gasteiger partial charge >= 0.3 is 9.28 Å². The molecule has 0 saturated carbocycles. The molecule has 1 aromatic rings. The molecule has 0 aromatic heterocycles. The standard InChI is InChI=1S/C13H21O2Si/c1-4-14-16(15-5-2)11-12(3)13-9-7-6-8-10-13/h6-10,12H,4-5,11H2,1-3H3. The number of benzene rings is 1. The summed E-state index contributed by atoms with van der Waals surface area (Å²) in [7, 11) is -1.09. The van der Waals surface area contributed by atoms with Gasteiger partial charge in [0.15, 0.2) is 0 Å². The molecule has 0 bridgehead atoms. The van der Waals surface area contributed by atoms with Gasteiger partial charge in [-0.05, 0) is 31.4 Å². The third kappa shape index (κ3) is 4.47. The lowest BCUT2D eigenvalue weighted by atomic mass is 10.0. The van der Waals surface area contributed by atoms with Crippen molar-refractivity contribution in [1.29, 1.82) is 0 Å². The van der Waals surface area contributed by atoms with Gasteiger partial charge in [0.1, 0.15) is 0 Å². The van der Waals surface area contributed by atoms with Crippen molar-refractivity contribution in [3.8, 4) is 0 Å². The Morgan fingerprint density at radius 1 is 1.06 bits per heavy atom. The SMILES string of the molecule is CCO[Si](CC(C)c1ccccc1)OCC. The predicted octanol–water partition coefficient (Wildman–Crippen LogP) is 3.35. The fraction of sp³-hybridized carbons (Fsp3) is 0.538. The van der Waals surface area contributed by atoms with Crippen LogP contribution in [-0.2, 0) is 8.85 Å². The average Bonchev–Trinajstić information content (AvgIpc) is 2.31. The van der Waals surface area contributed by atoms with Crippen molar-refractivity contribution >= 4 is 9.28 Å². The molecule has 0 aliphatic carbocycles. The van der Waals surface area contributed by atoms with E-state index in [0.29, 0.717) is 5.92 Å². The van der Waals surface area contributed by atoms with Gasteiger partial charge in [0, 0.05) is 13.2 Å². The normalized spacial score (nSPS) is 13.0. The first-order valence-electron chi connectivity index (χ1n) is 5.94. The highest BCUT2D eigenvalue weighted by molar-refractivity contribution is 6.44. The van der Waals surface area contributed by atoms with Crippen LogP contribution in [0.2, 0.25) is 6.04 Å². The van der Waals surface area contributed by atoms with Crippen molar-refractivity contribution in [3.05, 3.63) is 35.9 Å². The van der Waals surface area contributed by atoms with Crippen molar-refractivity contribution in [2.75, 3.05) is 13.2 Å². The van der Waals surface area contributed by atoms with E-state index in [2.05, 4.69) is 31.2 Å². The highest BCUT2D eigenvalue weighted by Gasteiger charge is 2.19. The maximum atomic E-state index is 5.65. The maximum Gasteiger partial charge on any atom is 0.385 e. The first-order chi connectivity index (χ1) is 7.77. The fourth-order valence-electron chi connectivity index (χ4n) is 1.63. The Hall–Kier alpha value is -0.643. The Kier molecular flexibility index (Phi) is 6.38. The van der Waals surface area contributed by atoms with E-state index in [1.807, 2.05) is 19.9 Å². The van der Waals surface area contributed by atoms with Crippen LogP contribution in [0.15, 0.2) is 30.3 Å². The van der Waals surface area contributed by atoms with E-state index in [1.54, 1.807) is 0 Å². The largest absolute Gasteiger partial charge is 0.394 e. The number of hydrogen-bond donors (Lipinski definition) is 0. The summed E-state index contributed by atoms with van der Waals surface area (Å²) >= 11 is 0. The van der Waals surface area contributed by atoms with Crippen LogP contribution in [0.4, 0.5) is 0 Å². The summed E-state index contributed by atoms with van der Waals surface area (Å²) in [6, 6.07) is 11.6. The Morgan fingerprint density at radius 3 is 2.12 bits per heavy atom. The zero-order valence-electron chi connectivity index (χ0n) is 10.4. The highest BCUT2D eigenvalue weighted by atomic mass is 28.3. The number of rotatable bonds is 7. The van der Waals surface area contributed by atoms with Crippen LogP contribution in [0, 0.1) is 0 Å². The second kappa shape index (κ2) is 7.60. The van der Waals surface area contributed by atoms with Crippen molar-refractivity contribution in [1.82, 2.24) is 0 Å².